The molecule has 0 spiro atoms. The van der Waals surface area contributed by atoms with Crippen LogP contribution in [0.1, 0.15) is 18.1 Å². The predicted octanol–water partition coefficient (Wildman–Crippen LogP) is 3.23. The number of nitrogens with one attached hydrogen (secondary N) is 1. The Kier molecular flexibility index (Phi) is 4.29. The Morgan fingerprint density at radius 1 is 1.23 bits per heavy atom. The van der Waals surface area contributed by atoms with Gasteiger partial charge in [-0.3, -0.25) is 4.98 Å². The standard InChI is InChI=1S/C16H15F3N2O/c17-12-6-13(18)16(14(19)7-12)22-15(11-3-5-21-9-11)10-2-1-4-20-8-10/h1-2,4,6-8,11,15,21H,3,5,9H2/t11-,15?/m0/s1. The number of aromatic nitrogens is 1. The summed E-state index contributed by atoms with van der Waals surface area (Å²) in [4.78, 5) is 4.03. The topological polar surface area (TPSA) is 34.1 Å². The molecule has 1 N–H and O–H groups in total. The van der Waals surface area contributed by atoms with Gasteiger partial charge < -0.3 is 10.1 Å². The van der Waals surface area contributed by atoms with Gasteiger partial charge in [-0.2, -0.15) is 0 Å². The molecule has 116 valence electrons. The Balaban J connectivity index is 1.94. The molecule has 22 heavy (non-hydrogen) atoms. The van der Waals surface area contributed by atoms with E-state index in [9.17, 15) is 13.2 Å². The molecule has 0 aliphatic carbocycles. The van der Waals surface area contributed by atoms with Crippen molar-refractivity contribution in [2.45, 2.75) is 12.5 Å². The lowest BCUT2D eigenvalue weighted by Gasteiger charge is -2.25. The molecule has 1 aliphatic heterocycles. The second-order valence-corrected chi connectivity index (χ2v) is 5.28. The first-order chi connectivity index (χ1) is 10.6. The molecule has 3 nitrogen and oxygen atoms in total. The Labute approximate surface area is 126 Å². The predicted molar refractivity (Wildman–Crippen MR) is 74.9 cm³/mol. The van der Waals surface area contributed by atoms with Gasteiger partial charge in [-0.25, -0.2) is 13.2 Å². The summed E-state index contributed by atoms with van der Waals surface area (Å²) in [7, 11) is 0. The summed E-state index contributed by atoms with van der Waals surface area (Å²) in [5.41, 5.74) is 0.735. The van der Waals surface area contributed by atoms with E-state index in [0.717, 1.165) is 18.5 Å². The van der Waals surface area contributed by atoms with Crippen molar-refractivity contribution in [3.8, 4) is 5.75 Å². The zero-order chi connectivity index (χ0) is 15.5. The first-order valence-electron chi connectivity index (χ1n) is 7.07. The van der Waals surface area contributed by atoms with Gasteiger partial charge in [-0.05, 0) is 19.0 Å². The van der Waals surface area contributed by atoms with Gasteiger partial charge in [-0.1, -0.05) is 6.07 Å². The van der Waals surface area contributed by atoms with Crippen LogP contribution in [0.3, 0.4) is 0 Å². The first-order valence-corrected chi connectivity index (χ1v) is 7.07. The molecule has 0 saturated carbocycles. The van der Waals surface area contributed by atoms with Crippen LogP contribution in [0.5, 0.6) is 5.75 Å². The van der Waals surface area contributed by atoms with E-state index in [1.54, 1.807) is 24.5 Å². The van der Waals surface area contributed by atoms with Gasteiger partial charge in [0.2, 0.25) is 0 Å². The lowest BCUT2D eigenvalue weighted by molar-refractivity contribution is 0.131. The summed E-state index contributed by atoms with van der Waals surface area (Å²) in [6.45, 7) is 1.50. The largest absolute Gasteiger partial charge is 0.479 e. The minimum Gasteiger partial charge on any atom is -0.479 e. The molecule has 1 fully saturated rings. The normalized spacial score (nSPS) is 19.1. The minimum absolute atomic E-state index is 0.0630. The number of pyridine rings is 1. The van der Waals surface area contributed by atoms with Gasteiger partial charge in [0.1, 0.15) is 11.9 Å². The van der Waals surface area contributed by atoms with Crippen LogP contribution in [-0.4, -0.2) is 18.1 Å². The average molecular weight is 308 g/mol. The number of benzene rings is 1. The third-order valence-electron chi connectivity index (χ3n) is 3.75. The maximum absolute atomic E-state index is 13.8. The number of hydrogen-bond donors (Lipinski definition) is 1. The van der Waals surface area contributed by atoms with Crippen LogP contribution in [0, 0.1) is 23.4 Å². The van der Waals surface area contributed by atoms with Gasteiger partial charge in [0.15, 0.2) is 17.4 Å². The molecule has 2 heterocycles. The van der Waals surface area contributed by atoms with Gasteiger partial charge in [0.05, 0.1) is 0 Å². The zero-order valence-electron chi connectivity index (χ0n) is 11.7. The van der Waals surface area contributed by atoms with Crippen molar-refractivity contribution in [1.29, 1.82) is 0 Å². The molecule has 2 atom stereocenters. The van der Waals surface area contributed by atoms with E-state index in [1.165, 1.54) is 0 Å². The number of rotatable bonds is 4. The average Bonchev–Trinajstić information content (AvgIpc) is 3.01. The molecule has 6 heteroatoms. The second-order valence-electron chi connectivity index (χ2n) is 5.28. The molecular formula is C16H15F3N2O. The van der Waals surface area contributed by atoms with Crippen LogP contribution in [0.2, 0.25) is 0 Å². The Morgan fingerprint density at radius 2 is 2.00 bits per heavy atom. The van der Waals surface area contributed by atoms with E-state index in [-0.39, 0.29) is 5.92 Å². The van der Waals surface area contributed by atoms with Crippen LogP contribution in [0.4, 0.5) is 13.2 Å². The smallest absolute Gasteiger partial charge is 0.191 e. The number of nitrogens with zero attached hydrogens (tertiary/aromatic N) is 1. The zero-order valence-corrected chi connectivity index (χ0v) is 11.7. The van der Waals surface area contributed by atoms with Crippen LogP contribution in [0.25, 0.3) is 0 Å². The van der Waals surface area contributed by atoms with Gasteiger partial charge in [0.25, 0.3) is 0 Å². The molecular weight excluding hydrogens is 293 g/mol. The van der Waals surface area contributed by atoms with Crippen LogP contribution in [0.15, 0.2) is 36.7 Å². The summed E-state index contributed by atoms with van der Waals surface area (Å²) in [6.07, 6.45) is 3.51. The number of halogens is 3. The van der Waals surface area contributed by atoms with Crippen molar-refractivity contribution in [1.82, 2.24) is 10.3 Å². The molecule has 1 unspecified atom stereocenters. The van der Waals surface area contributed by atoms with Gasteiger partial charge in [0, 0.05) is 42.6 Å². The number of hydrogen-bond acceptors (Lipinski definition) is 3. The molecule has 1 aliphatic rings. The molecule has 0 amide bonds. The van der Waals surface area contributed by atoms with Gasteiger partial charge in [-0.15, -0.1) is 0 Å². The van der Waals surface area contributed by atoms with E-state index in [0.29, 0.717) is 18.7 Å². The van der Waals surface area contributed by atoms with Crippen molar-refractivity contribution in [2.75, 3.05) is 13.1 Å². The molecule has 2 aromatic rings. The summed E-state index contributed by atoms with van der Waals surface area (Å²) >= 11 is 0. The highest BCUT2D eigenvalue weighted by Crippen LogP contribution is 2.34. The van der Waals surface area contributed by atoms with E-state index in [1.807, 2.05) is 0 Å². The highest BCUT2D eigenvalue weighted by Gasteiger charge is 2.30. The highest BCUT2D eigenvalue weighted by molar-refractivity contribution is 5.28. The van der Waals surface area contributed by atoms with E-state index in [4.69, 9.17) is 4.74 Å². The van der Waals surface area contributed by atoms with Gasteiger partial charge >= 0.3 is 0 Å². The molecule has 1 saturated heterocycles. The third kappa shape index (κ3) is 3.06. The van der Waals surface area contributed by atoms with E-state index >= 15 is 0 Å². The quantitative estimate of drug-likeness (QED) is 0.941. The third-order valence-corrected chi connectivity index (χ3v) is 3.75. The highest BCUT2D eigenvalue weighted by atomic mass is 19.1. The lowest BCUT2D eigenvalue weighted by Crippen LogP contribution is -2.22. The minimum atomic E-state index is -1.04. The Bertz CT molecular complexity index is 622. The SMILES string of the molecule is Fc1cc(F)c(OC(c2cccnc2)[C@H]2CCNC2)c(F)c1. The maximum atomic E-state index is 13.8. The fraction of sp³-hybridized carbons (Fsp3) is 0.312. The Morgan fingerprint density at radius 3 is 2.59 bits per heavy atom. The van der Waals surface area contributed by atoms with Crippen molar-refractivity contribution in [3.63, 3.8) is 0 Å². The van der Waals surface area contributed by atoms with E-state index in [2.05, 4.69) is 10.3 Å². The van der Waals surface area contributed by atoms with Crippen LogP contribution < -0.4 is 10.1 Å². The molecule has 1 aromatic carbocycles. The summed E-state index contributed by atoms with van der Waals surface area (Å²) in [5, 5.41) is 3.20. The fourth-order valence-electron chi connectivity index (χ4n) is 2.68. The molecule has 1 aromatic heterocycles. The number of ether oxygens (including phenoxy) is 1. The molecule has 3 rings (SSSR count). The molecule has 0 radical (unpaired) electrons. The summed E-state index contributed by atoms with van der Waals surface area (Å²) in [5.74, 6) is -3.55. The maximum Gasteiger partial charge on any atom is 0.191 e. The Hall–Kier alpha value is -2.08. The van der Waals surface area contributed by atoms with Crippen LogP contribution >= 0.6 is 0 Å². The van der Waals surface area contributed by atoms with Crippen molar-refractivity contribution in [3.05, 3.63) is 59.7 Å². The van der Waals surface area contributed by atoms with Crippen molar-refractivity contribution >= 4 is 0 Å². The lowest BCUT2D eigenvalue weighted by atomic mass is 9.96. The van der Waals surface area contributed by atoms with Crippen molar-refractivity contribution in [2.24, 2.45) is 5.92 Å². The fourth-order valence-corrected chi connectivity index (χ4v) is 2.68. The van der Waals surface area contributed by atoms with Crippen molar-refractivity contribution < 1.29 is 17.9 Å². The molecule has 0 bridgehead atoms. The van der Waals surface area contributed by atoms with Crippen LogP contribution in [-0.2, 0) is 0 Å². The van der Waals surface area contributed by atoms with E-state index < -0.39 is 29.3 Å². The monoisotopic (exact) mass is 308 g/mol. The summed E-state index contributed by atoms with van der Waals surface area (Å²) < 4.78 is 46.3. The first kappa shape index (κ1) is 14.8. The summed E-state index contributed by atoms with van der Waals surface area (Å²) in [6, 6.07) is 4.78. The second kappa shape index (κ2) is 6.36.